The molecule has 4 amide bonds. The van der Waals surface area contributed by atoms with Crippen LogP contribution in [0.3, 0.4) is 0 Å². The van der Waals surface area contributed by atoms with Crippen molar-refractivity contribution in [2.75, 3.05) is 0 Å². The fourth-order valence-corrected chi connectivity index (χ4v) is 5.42. The number of nitrogens with zero attached hydrogens (tertiary/aromatic N) is 2. The van der Waals surface area contributed by atoms with Crippen molar-refractivity contribution in [2.45, 2.75) is 46.9 Å². The van der Waals surface area contributed by atoms with E-state index in [0.717, 1.165) is 10.5 Å². The van der Waals surface area contributed by atoms with Crippen LogP contribution in [-0.2, 0) is 9.53 Å². The second-order valence-electron chi connectivity index (χ2n) is 11.6. The monoisotopic (exact) mass is 618 g/mol. The van der Waals surface area contributed by atoms with Crippen molar-refractivity contribution in [3.63, 3.8) is 0 Å². The summed E-state index contributed by atoms with van der Waals surface area (Å²) in [4.78, 5) is 63.3. The lowest BCUT2D eigenvalue weighted by Crippen LogP contribution is -2.45. The van der Waals surface area contributed by atoms with E-state index in [9.17, 15) is 24.0 Å². The van der Waals surface area contributed by atoms with Crippen molar-refractivity contribution in [1.82, 2.24) is 9.80 Å². The molecule has 0 aliphatic carbocycles. The third-order valence-electron chi connectivity index (χ3n) is 7.48. The largest absolute Gasteiger partial charge is 0.441 e. The second kappa shape index (κ2) is 15.1. The summed E-state index contributed by atoms with van der Waals surface area (Å²) in [5, 5.41) is 0. The van der Waals surface area contributed by atoms with Gasteiger partial charge >= 0.3 is 5.97 Å². The van der Waals surface area contributed by atoms with Crippen LogP contribution in [0.25, 0.3) is 0 Å². The number of hydrogen-bond acceptors (Lipinski definition) is 6. The standard InChI is InChI=1S/C18H17NO2.C14H15NO4.C6H6/c1-12(2)16(13-8-4-3-5-9-13)19-17(20)14-10-6-7-11-15(14)18(19)21;1-8(2)14(19-9(3)16)15-12(17)10-6-4-5-7-11(10)13(15)18;1-2-4-6-5-3-1/h3-12,16H,1-2H3;4-8,14H,1-3H3;1-6H. The van der Waals surface area contributed by atoms with Crippen LogP contribution in [0, 0.1) is 11.8 Å². The van der Waals surface area contributed by atoms with Gasteiger partial charge in [0.05, 0.1) is 28.3 Å². The van der Waals surface area contributed by atoms with Crippen molar-refractivity contribution < 1.29 is 28.7 Å². The van der Waals surface area contributed by atoms with Crippen LogP contribution in [-0.4, -0.2) is 45.6 Å². The van der Waals surface area contributed by atoms with E-state index in [4.69, 9.17) is 4.74 Å². The van der Waals surface area contributed by atoms with Gasteiger partial charge in [0.1, 0.15) is 0 Å². The molecule has 8 nitrogen and oxygen atoms in total. The predicted molar refractivity (Wildman–Crippen MR) is 175 cm³/mol. The zero-order chi connectivity index (χ0) is 33.4. The molecule has 2 unspecified atom stereocenters. The minimum absolute atomic E-state index is 0.148. The maximum atomic E-state index is 12.6. The summed E-state index contributed by atoms with van der Waals surface area (Å²) < 4.78 is 5.11. The molecular weight excluding hydrogens is 580 g/mol. The van der Waals surface area contributed by atoms with Crippen LogP contribution < -0.4 is 0 Å². The first-order valence-corrected chi connectivity index (χ1v) is 15.2. The molecule has 0 saturated heterocycles. The quantitative estimate of drug-likeness (QED) is 0.167. The van der Waals surface area contributed by atoms with Gasteiger partial charge < -0.3 is 4.74 Å². The summed E-state index contributed by atoms with van der Waals surface area (Å²) in [6.07, 6.45) is -0.870. The first-order chi connectivity index (χ1) is 22.0. The molecule has 6 rings (SSSR count). The van der Waals surface area contributed by atoms with Gasteiger partial charge in [-0.2, -0.15) is 0 Å². The van der Waals surface area contributed by atoms with Crippen molar-refractivity contribution in [3.05, 3.63) is 143 Å². The van der Waals surface area contributed by atoms with Crippen molar-refractivity contribution in [1.29, 1.82) is 0 Å². The van der Waals surface area contributed by atoms with Gasteiger partial charge in [-0.3, -0.25) is 28.9 Å². The molecule has 0 spiro atoms. The van der Waals surface area contributed by atoms with E-state index in [1.807, 2.05) is 80.6 Å². The minimum atomic E-state index is -0.870. The highest BCUT2D eigenvalue weighted by Crippen LogP contribution is 2.35. The lowest BCUT2D eigenvalue weighted by Gasteiger charge is -2.29. The summed E-state index contributed by atoms with van der Waals surface area (Å²) in [6, 6.07) is 35.1. The zero-order valence-electron chi connectivity index (χ0n) is 26.6. The number of imide groups is 2. The molecular formula is C38H38N2O6. The van der Waals surface area contributed by atoms with Crippen molar-refractivity contribution in [3.8, 4) is 0 Å². The molecule has 0 radical (unpaired) electrons. The predicted octanol–water partition coefficient (Wildman–Crippen LogP) is 7.19. The molecule has 2 heterocycles. The Kier molecular flexibility index (Phi) is 11.0. The van der Waals surface area contributed by atoms with Crippen LogP contribution in [0.4, 0.5) is 0 Å². The zero-order valence-corrected chi connectivity index (χ0v) is 26.6. The average Bonchev–Trinajstić information content (AvgIpc) is 3.46. The Morgan fingerprint density at radius 2 is 0.826 bits per heavy atom. The highest BCUT2D eigenvalue weighted by Gasteiger charge is 2.43. The van der Waals surface area contributed by atoms with Gasteiger partial charge in [-0.05, 0) is 35.7 Å². The molecule has 236 valence electrons. The SMILES string of the molecule is CC(=O)OC(C(C)C)N1C(=O)c2ccccc2C1=O.CC(C)C(c1ccccc1)N1C(=O)c2ccccc2C1=O.c1ccccc1. The number of hydrogen-bond donors (Lipinski definition) is 0. The summed E-state index contributed by atoms with van der Waals surface area (Å²) >= 11 is 0. The van der Waals surface area contributed by atoms with Gasteiger partial charge in [0.25, 0.3) is 23.6 Å². The molecule has 4 aromatic rings. The van der Waals surface area contributed by atoms with E-state index < -0.39 is 24.0 Å². The average molecular weight is 619 g/mol. The first-order valence-electron chi connectivity index (χ1n) is 15.2. The molecule has 0 bridgehead atoms. The third kappa shape index (κ3) is 7.29. The lowest BCUT2D eigenvalue weighted by molar-refractivity contribution is -0.155. The highest BCUT2D eigenvalue weighted by atomic mass is 16.6. The number of fused-ring (bicyclic) bond motifs is 2. The number of benzene rings is 4. The number of rotatable bonds is 6. The Bertz CT molecular complexity index is 1600. The third-order valence-corrected chi connectivity index (χ3v) is 7.48. The molecule has 2 aliphatic rings. The molecule has 2 aliphatic heterocycles. The maximum Gasteiger partial charge on any atom is 0.304 e. The Morgan fingerprint density at radius 1 is 0.500 bits per heavy atom. The molecule has 0 aromatic heterocycles. The summed E-state index contributed by atoms with van der Waals surface area (Å²) in [6.45, 7) is 8.89. The van der Waals surface area contributed by atoms with Crippen LogP contribution in [0.1, 0.15) is 87.7 Å². The van der Waals surface area contributed by atoms with Gasteiger partial charge in [-0.25, -0.2) is 4.90 Å². The Morgan fingerprint density at radius 3 is 1.15 bits per heavy atom. The van der Waals surface area contributed by atoms with Crippen LogP contribution in [0.15, 0.2) is 115 Å². The molecule has 8 heteroatoms. The van der Waals surface area contributed by atoms with Crippen LogP contribution in [0.2, 0.25) is 0 Å². The second-order valence-corrected chi connectivity index (χ2v) is 11.6. The van der Waals surface area contributed by atoms with E-state index in [2.05, 4.69) is 0 Å². The van der Waals surface area contributed by atoms with Gasteiger partial charge in [0.15, 0.2) is 6.23 Å². The topological polar surface area (TPSA) is 101 Å². The molecule has 4 aromatic carbocycles. The summed E-state index contributed by atoms with van der Waals surface area (Å²) in [5.74, 6) is -1.77. The van der Waals surface area contributed by atoms with Gasteiger partial charge in [0, 0.05) is 12.8 Å². The first kappa shape index (κ1) is 33.5. The van der Waals surface area contributed by atoms with Gasteiger partial charge in [-0.15, -0.1) is 0 Å². The summed E-state index contributed by atoms with van der Waals surface area (Å²) in [5.41, 5.74) is 2.70. The number of esters is 1. The van der Waals surface area contributed by atoms with E-state index in [-0.39, 0.29) is 29.7 Å². The van der Waals surface area contributed by atoms with Gasteiger partial charge in [0.2, 0.25) is 0 Å². The Balaban J connectivity index is 0.000000177. The van der Waals surface area contributed by atoms with E-state index in [1.54, 1.807) is 62.4 Å². The van der Waals surface area contributed by atoms with E-state index in [0.29, 0.717) is 22.3 Å². The van der Waals surface area contributed by atoms with E-state index >= 15 is 0 Å². The molecule has 46 heavy (non-hydrogen) atoms. The number of ether oxygens (including phenoxy) is 1. The molecule has 0 saturated carbocycles. The van der Waals surface area contributed by atoms with Crippen molar-refractivity contribution in [2.24, 2.45) is 11.8 Å². The van der Waals surface area contributed by atoms with Crippen molar-refractivity contribution >= 4 is 29.6 Å². The number of amides is 4. The number of carbonyl (C=O) groups excluding carboxylic acids is 5. The molecule has 0 fully saturated rings. The van der Waals surface area contributed by atoms with Crippen LogP contribution in [0.5, 0.6) is 0 Å². The fraction of sp³-hybridized carbons (Fsp3) is 0.237. The van der Waals surface area contributed by atoms with Crippen LogP contribution >= 0.6 is 0 Å². The normalized spacial score (nSPS) is 14.6. The molecule has 0 N–H and O–H groups in total. The Hall–Kier alpha value is -5.37. The number of carbonyl (C=O) groups is 5. The van der Waals surface area contributed by atoms with E-state index in [1.165, 1.54) is 11.8 Å². The Labute approximate surface area is 269 Å². The highest BCUT2D eigenvalue weighted by molar-refractivity contribution is 6.22. The fourth-order valence-electron chi connectivity index (χ4n) is 5.42. The minimum Gasteiger partial charge on any atom is -0.441 e. The van der Waals surface area contributed by atoms with Gasteiger partial charge in [-0.1, -0.05) is 119 Å². The maximum absolute atomic E-state index is 12.6. The molecule has 2 atom stereocenters. The lowest BCUT2D eigenvalue weighted by atomic mass is 9.94. The summed E-state index contributed by atoms with van der Waals surface area (Å²) in [7, 11) is 0. The smallest absolute Gasteiger partial charge is 0.304 e.